The molecule has 0 bridgehead atoms. The van der Waals surface area contributed by atoms with Crippen molar-refractivity contribution in [1.82, 2.24) is 4.90 Å². The van der Waals surface area contributed by atoms with Crippen LogP contribution in [0.1, 0.15) is 25.3 Å². The first kappa shape index (κ1) is 9.25. The van der Waals surface area contributed by atoms with Crippen molar-refractivity contribution in [2.45, 2.75) is 25.3 Å². The van der Waals surface area contributed by atoms with Crippen LogP contribution in [0, 0.1) is 0 Å². The molecule has 1 amide bonds. The van der Waals surface area contributed by atoms with E-state index in [0.717, 1.165) is 12.8 Å². The maximum absolute atomic E-state index is 11.3. The standard InChI is InChI=1S/C12H15NO/c1-10(14)13(2)12(8-9-12)11-6-4-3-5-7-11/h3-7H,8-9H2,1-2H3. The minimum atomic E-state index is 0.00704. The topological polar surface area (TPSA) is 20.3 Å². The van der Waals surface area contributed by atoms with E-state index in [0.29, 0.717) is 0 Å². The number of hydrogen-bond acceptors (Lipinski definition) is 1. The van der Waals surface area contributed by atoms with E-state index in [-0.39, 0.29) is 11.4 Å². The van der Waals surface area contributed by atoms with E-state index in [2.05, 4.69) is 12.1 Å². The summed E-state index contributed by atoms with van der Waals surface area (Å²) in [7, 11) is 1.89. The molecule has 2 rings (SSSR count). The van der Waals surface area contributed by atoms with Gasteiger partial charge in [0.2, 0.25) is 5.91 Å². The van der Waals surface area contributed by atoms with E-state index < -0.39 is 0 Å². The quantitative estimate of drug-likeness (QED) is 0.698. The number of benzene rings is 1. The van der Waals surface area contributed by atoms with Crippen LogP contribution in [0.15, 0.2) is 30.3 Å². The first-order valence-corrected chi connectivity index (χ1v) is 4.97. The molecule has 2 nitrogen and oxygen atoms in total. The average Bonchev–Trinajstić information content (AvgIpc) is 2.99. The van der Waals surface area contributed by atoms with Crippen molar-refractivity contribution in [3.63, 3.8) is 0 Å². The van der Waals surface area contributed by atoms with Gasteiger partial charge in [0.25, 0.3) is 0 Å². The Balaban J connectivity index is 2.30. The second kappa shape index (κ2) is 3.12. The van der Waals surface area contributed by atoms with Gasteiger partial charge in [0, 0.05) is 14.0 Å². The summed E-state index contributed by atoms with van der Waals surface area (Å²) in [6.45, 7) is 1.63. The highest BCUT2D eigenvalue weighted by atomic mass is 16.2. The van der Waals surface area contributed by atoms with E-state index in [4.69, 9.17) is 0 Å². The van der Waals surface area contributed by atoms with Gasteiger partial charge in [-0.15, -0.1) is 0 Å². The highest BCUT2D eigenvalue weighted by Gasteiger charge is 2.48. The molecule has 0 aromatic heterocycles. The van der Waals surface area contributed by atoms with Gasteiger partial charge in [0.1, 0.15) is 0 Å². The van der Waals surface area contributed by atoms with E-state index in [1.807, 2.05) is 30.1 Å². The first-order valence-electron chi connectivity index (χ1n) is 4.97. The smallest absolute Gasteiger partial charge is 0.219 e. The van der Waals surface area contributed by atoms with Gasteiger partial charge < -0.3 is 4.90 Å². The summed E-state index contributed by atoms with van der Waals surface area (Å²) in [6, 6.07) is 10.3. The molecule has 1 aromatic rings. The van der Waals surface area contributed by atoms with Crippen LogP contribution in [0.5, 0.6) is 0 Å². The molecule has 1 saturated carbocycles. The minimum absolute atomic E-state index is 0.00704. The molecule has 2 heteroatoms. The van der Waals surface area contributed by atoms with Crippen molar-refractivity contribution in [1.29, 1.82) is 0 Å². The lowest BCUT2D eigenvalue weighted by Crippen LogP contribution is -2.35. The summed E-state index contributed by atoms with van der Waals surface area (Å²) in [5.41, 5.74) is 1.27. The zero-order chi connectivity index (χ0) is 10.2. The number of rotatable bonds is 2. The van der Waals surface area contributed by atoms with E-state index in [1.165, 1.54) is 5.56 Å². The number of amides is 1. The Kier molecular flexibility index (Phi) is 2.06. The van der Waals surface area contributed by atoms with Gasteiger partial charge in [0.15, 0.2) is 0 Å². The Morgan fingerprint density at radius 2 is 1.86 bits per heavy atom. The van der Waals surface area contributed by atoms with Crippen LogP contribution >= 0.6 is 0 Å². The summed E-state index contributed by atoms with van der Waals surface area (Å²) >= 11 is 0. The van der Waals surface area contributed by atoms with Gasteiger partial charge in [-0.25, -0.2) is 0 Å². The molecule has 0 aliphatic heterocycles. The predicted octanol–water partition coefficient (Wildman–Crippen LogP) is 2.15. The number of nitrogens with zero attached hydrogens (tertiary/aromatic N) is 1. The molecular weight excluding hydrogens is 174 g/mol. The van der Waals surface area contributed by atoms with Crippen molar-refractivity contribution in [3.8, 4) is 0 Å². The first-order chi connectivity index (χ1) is 6.67. The molecule has 0 unspecified atom stereocenters. The van der Waals surface area contributed by atoms with E-state index >= 15 is 0 Å². The maximum atomic E-state index is 11.3. The average molecular weight is 189 g/mol. The van der Waals surface area contributed by atoms with Crippen LogP contribution < -0.4 is 0 Å². The van der Waals surface area contributed by atoms with Crippen LogP contribution in [0.2, 0.25) is 0 Å². The normalized spacial score (nSPS) is 17.6. The van der Waals surface area contributed by atoms with Crippen molar-refractivity contribution in [2.75, 3.05) is 7.05 Å². The number of carbonyl (C=O) groups excluding carboxylic acids is 1. The monoisotopic (exact) mass is 189 g/mol. The van der Waals surface area contributed by atoms with Gasteiger partial charge >= 0.3 is 0 Å². The fraction of sp³-hybridized carbons (Fsp3) is 0.417. The van der Waals surface area contributed by atoms with Crippen LogP contribution in [-0.2, 0) is 10.3 Å². The molecule has 0 atom stereocenters. The molecule has 0 radical (unpaired) electrons. The largest absolute Gasteiger partial charge is 0.336 e. The molecule has 0 N–H and O–H groups in total. The zero-order valence-corrected chi connectivity index (χ0v) is 8.66. The highest BCUT2D eigenvalue weighted by Crippen LogP contribution is 2.50. The van der Waals surface area contributed by atoms with Gasteiger partial charge in [-0.3, -0.25) is 4.79 Å². The lowest BCUT2D eigenvalue weighted by atomic mass is 10.0. The van der Waals surface area contributed by atoms with Crippen molar-refractivity contribution in [2.24, 2.45) is 0 Å². The third kappa shape index (κ3) is 1.31. The Labute approximate surface area is 84.5 Å². The zero-order valence-electron chi connectivity index (χ0n) is 8.66. The maximum Gasteiger partial charge on any atom is 0.219 e. The third-order valence-corrected chi connectivity index (χ3v) is 3.15. The summed E-state index contributed by atoms with van der Waals surface area (Å²) in [6.07, 6.45) is 2.18. The molecule has 0 heterocycles. The predicted molar refractivity (Wildman–Crippen MR) is 55.8 cm³/mol. The van der Waals surface area contributed by atoms with Gasteiger partial charge in [0.05, 0.1) is 5.54 Å². The lowest BCUT2D eigenvalue weighted by molar-refractivity contribution is -0.130. The Morgan fingerprint density at radius 3 is 2.29 bits per heavy atom. The van der Waals surface area contributed by atoms with Crippen molar-refractivity contribution < 1.29 is 4.79 Å². The number of hydrogen-bond donors (Lipinski definition) is 0. The molecule has 0 spiro atoms. The Hall–Kier alpha value is -1.31. The van der Waals surface area contributed by atoms with Gasteiger partial charge in [-0.05, 0) is 18.4 Å². The molecule has 1 aromatic carbocycles. The van der Waals surface area contributed by atoms with Crippen LogP contribution in [-0.4, -0.2) is 17.9 Å². The fourth-order valence-corrected chi connectivity index (χ4v) is 1.99. The van der Waals surface area contributed by atoms with Gasteiger partial charge in [-0.2, -0.15) is 0 Å². The van der Waals surface area contributed by atoms with Crippen LogP contribution in [0.25, 0.3) is 0 Å². The lowest BCUT2D eigenvalue weighted by Gasteiger charge is -2.27. The summed E-state index contributed by atoms with van der Waals surface area (Å²) in [5.74, 6) is 0.145. The molecule has 0 saturated heterocycles. The summed E-state index contributed by atoms with van der Waals surface area (Å²) in [5, 5.41) is 0. The second-order valence-electron chi connectivity index (χ2n) is 3.98. The van der Waals surface area contributed by atoms with Crippen molar-refractivity contribution in [3.05, 3.63) is 35.9 Å². The highest BCUT2D eigenvalue weighted by molar-refractivity contribution is 5.74. The molecular formula is C12H15NO. The minimum Gasteiger partial charge on any atom is -0.336 e. The van der Waals surface area contributed by atoms with E-state index in [1.54, 1.807) is 6.92 Å². The van der Waals surface area contributed by atoms with Gasteiger partial charge in [-0.1, -0.05) is 30.3 Å². The second-order valence-corrected chi connectivity index (χ2v) is 3.98. The molecule has 1 aliphatic rings. The Bertz CT molecular complexity index is 341. The summed E-state index contributed by atoms with van der Waals surface area (Å²) in [4.78, 5) is 13.2. The van der Waals surface area contributed by atoms with E-state index in [9.17, 15) is 4.79 Å². The molecule has 1 fully saturated rings. The van der Waals surface area contributed by atoms with Crippen LogP contribution in [0.4, 0.5) is 0 Å². The SMILES string of the molecule is CC(=O)N(C)C1(c2ccccc2)CC1. The number of carbonyl (C=O) groups is 1. The van der Waals surface area contributed by atoms with Crippen molar-refractivity contribution >= 4 is 5.91 Å². The Morgan fingerprint density at radius 1 is 1.29 bits per heavy atom. The van der Waals surface area contributed by atoms with Crippen LogP contribution in [0.3, 0.4) is 0 Å². The molecule has 1 aliphatic carbocycles. The third-order valence-electron chi connectivity index (χ3n) is 3.15. The fourth-order valence-electron chi connectivity index (χ4n) is 1.99. The summed E-state index contributed by atoms with van der Waals surface area (Å²) < 4.78 is 0. The molecule has 14 heavy (non-hydrogen) atoms. The molecule has 74 valence electrons.